The molecule has 1 aliphatic heterocycles. The van der Waals surface area contributed by atoms with Gasteiger partial charge in [0.15, 0.2) is 0 Å². The minimum atomic E-state index is -0.0254. The molecular formula is C17H25N3O2S. The van der Waals surface area contributed by atoms with Crippen molar-refractivity contribution in [2.75, 3.05) is 19.7 Å². The molecule has 6 heteroatoms. The highest BCUT2D eigenvalue weighted by Crippen LogP contribution is 2.29. The Bertz CT molecular complexity index is 750. The summed E-state index contributed by atoms with van der Waals surface area (Å²) in [5.41, 5.74) is 1.02. The fourth-order valence-electron chi connectivity index (χ4n) is 3.51. The maximum atomic E-state index is 12.4. The normalized spacial score (nSPS) is 21.0. The Morgan fingerprint density at radius 2 is 2.26 bits per heavy atom. The molecule has 3 rings (SSSR count). The van der Waals surface area contributed by atoms with Crippen LogP contribution in [0.4, 0.5) is 0 Å². The van der Waals surface area contributed by atoms with Crippen LogP contribution in [0.5, 0.6) is 0 Å². The molecule has 1 fully saturated rings. The Kier molecular flexibility index (Phi) is 4.85. The molecule has 2 atom stereocenters. The summed E-state index contributed by atoms with van der Waals surface area (Å²) < 4.78 is 0. The number of H-pyrrole nitrogens is 1. The second kappa shape index (κ2) is 6.71. The van der Waals surface area contributed by atoms with Gasteiger partial charge >= 0.3 is 0 Å². The van der Waals surface area contributed by atoms with Crippen LogP contribution in [0, 0.1) is 19.8 Å². The predicted octanol–water partition coefficient (Wildman–Crippen LogP) is 2.76. The molecule has 0 unspecified atom stereocenters. The lowest BCUT2D eigenvalue weighted by Crippen LogP contribution is -2.38. The first-order chi connectivity index (χ1) is 11.0. The molecule has 2 aromatic heterocycles. The molecule has 0 spiro atoms. The third-order valence-corrected chi connectivity index (χ3v) is 6.19. The zero-order chi connectivity index (χ0) is 16.6. The second-order valence-electron chi connectivity index (χ2n) is 6.61. The number of aromatic nitrogens is 2. The van der Waals surface area contributed by atoms with Gasteiger partial charge in [-0.15, -0.1) is 11.3 Å². The maximum Gasteiger partial charge on any atom is 0.259 e. The van der Waals surface area contributed by atoms with Crippen molar-refractivity contribution >= 4 is 21.6 Å². The summed E-state index contributed by atoms with van der Waals surface area (Å²) >= 11 is 1.60. The number of aryl methyl sites for hydroxylation is 2. The SMILES string of the molecule is Cc1sc2nc([C@@H](C)N3CCC[C@@H](CCO)C3)[nH]c(=O)c2c1C. The second-order valence-corrected chi connectivity index (χ2v) is 7.81. The lowest BCUT2D eigenvalue weighted by Gasteiger charge is -2.36. The van der Waals surface area contributed by atoms with E-state index < -0.39 is 0 Å². The summed E-state index contributed by atoms with van der Waals surface area (Å²) in [6.07, 6.45) is 3.17. The third kappa shape index (κ3) is 3.20. The average molecular weight is 335 g/mol. The molecule has 126 valence electrons. The highest BCUT2D eigenvalue weighted by atomic mass is 32.1. The van der Waals surface area contributed by atoms with Crippen LogP contribution in [0.3, 0.4) is 0 Å². The summed E-state index contributed by atoms with van der Waals surface area (Å²) in [7, 11) is 0. The van der Waals surface area contributed by atoms with Crippen molar-refractivity contribution in [1.29, 1.82) is 0 Å². The molecule has 2 aromatic rings. The van der Waals surface area contributed by atoms with Gasteiger partial charge in [0.25, 0.3) is 5.56 Å². The number of aromatic amines is 1. The summed E-state index contributed by atoms with van der Waals surface area (Å²) in [5.74, 6) is 1.30. The number of nitrogens with one attached hydrogen (secondary N) is 1. The van der Waals surface area contributed by atoms with Gasteiger partial charge in [0, 0.05) is 18.0 Å². The number of aliphatic hydroxyl groups is 1. The van der Waals surface area contributed by atoms with Crippen molar-refractivity contribution in [2.45, 2.75) is 46.1 Å². The van der Waals surface area contributed by atoms with Gasteiger partial charge in [0.2, 0.25) is 0 Å². The number of aliphatic hydroxyl groups excluding tert-OH is 1. The van der Waals surface area contributed by atoms with E-state index >= 15 is 0 Å². The van der Waals surface area contributed by atoms with Crippen LogP contribution in [0.15, 0.2) is 4.79 Å². The lowest BCUT2D eigenvalue weighted by molar-refractivity contribution is 0.111. The molecule has 1 saturated heterocycles. The summed E-state index contributed by atoms with van der Waals surface area (Å²) in [5, 5.41) is 9.90. The fourth-order valence-corrected chi connectivity index (χ4v) is 4.55. The molecular weight excluding hydrogens is 310 g/mol. The van der Waals surface area contributed by atoms with E-state index in [1.54, 1.807) is 11.3 Å². The van der Waals surface area contributed by atoms with Gasteiger partial charge in [-0.2, -0.15) is 0 Å². The van der Waals surface area contributed by atoms with Crippen LogP contribution in [-0.4, -0.2) is 39.7 Å². The molecule has 0 bridgehead atoms. The first-order valence-corrected chi connectivity index (χ1v) is 9.17. The molecule has 0 amide bonds. The van der Waals surface area contributed by atoms with Gasteiger partial charge in [-0.1, -0.05) is 0 Å². The number of hydrogen-bond acceptors (Lipinski definition) is 5. The number of fused-ring (bicyclic) bond motifs is 1. The van der Waals surface area contributed by atoms with Crippen LogP contribution in [-0.2, 0) is 0 Å². The van der Waals surface area contributed by atoms with Crippen molar-refractivity contribution in [2.24, 2.45) is 5.92 Å². The fraction of sp³-hybridized carbons (Fsp3) is 0.647. The summed E-state index contributed by atoms with van der Waals surface area (Å²) in [6.45, 7) is 8.37. The van der Waals surface area contributed by atoms with E-state index in [4.69, 9.17) is 10.1 Å². The number of likely N-dealkylation sites (tertiary alicyclic amines) is 1. The Balaban J connectivity index is 1.89. The van der Waals surface area contributed by atoms with E-state index in [2.05, 4.69) is 16.8 Å². The Labute approximate surface area is 140 Å². The predicted molar refractivity (Wildman–Crippen MR) is 94.1 cm³/mol. The standard InChI is InChI=1S/C17H25N3O2S/c1-10-12(3)23-17-14(10)16(22)18-15(19-17)11(2)20-7-4-5-13(9-20)6-8-21/h11,13,21H,4-9H2,1-3H3,(H,18,19,22)/t11-,13+/m1/s1. The van der Waals surface area contributed by atoms with Gasteiger partial charge in [0.05, 0.1) is 11.4 Å². The first-order valence-electron chi connectivity index (χ1n) is 8.36. The van der Waals surface area contributed by atoms with E-state index in [9.17, 15) is 4.79 Å². The Morgan fingerprint density at radius 1 is 1.48 bits per heavy atom. The summed E-state index contributed by atoms with van der Waals surface area (Å²) in [6, 6.07) is 0.0938. The van der Waals surface area contributed by atoms with Crippen LogP contribution < -0.4 is 5.56 Å². The van der Waals surface area contributed by atoms with E-state index in [0.717, 1.165) is 52.4 Å². The molecule has 5 nitrogen and oxygen atoms in total. The molecule has 1 aliphatic rings. The van der Waals surface area contributed by atoms with E-state index in [0.29, 0.717) is 5.92 Å². The van der Waals surface area contributed by atoms with Crippen molar-refractivity contribution < 1.29 is 5.11 Å². The summed E-state index contributed by atoms with van der Waals surface area (Å²) in [4.78, 5) is 24.6. The quantitative estimate of drug-likeness (QED) is 0.901. The number of thiophene rings is 1. The minimum Gasteiger partial charge on any atom is -0.396 e. The van der Waals surface area contributed by atoms with Crippen LogP contribution in [0.25, 0.3) is 10.2 Å². The molecule has 3 heterocycles. The largest absolute Gasteiger partial charge is 0.396 e. The average Bonchev–Trinajstić information content (AvgIpc) is 2.82. The number of hydrogen-bond donors (Lipinski definition) is 2. The minimum absolute atomic E-state index is 0.0254. The third-order valence-electron chi connectivity index (χ3n) is 5.09. The highest BCUT2D eigenvalue weighted by molar-refractivity contribution is 7.18. The van der Waals surface area contributed by atoms with E-state index in [1.165, 1.54) is 6.42 Å². The molecule has 23 heavy (non-hydrogen) atoms. The van der Waals surface area contributed by atoms with Crippen LogP contribution >= 0.6 is 11.3 Å². The Hall–Kier alpha value is -1.24. The zero-order valence-corrected chi connectivity index (χ0v) is 14.9. The van der Waals surface area contributed by atoms with Crippen LogP contribution in [0.2, 0.25) is 0 Å². The van der Waals surface area contributed by atoms with Crippen molar-refractivity contribution in [1.82, 2.24) is 14.9 Å². The van der Waals surface area contributed by atoms with Gasteiger partial charge in [-0.25, -0.2) is 4.98 Å². The first kappa shape index (κ1) is 16.6. The number of rotatable bonds is 4. The van der Waals surface area contributed by atoms with Crippen molar-refractivity contribution in [3.63, 3.8) is 0 Å². The van der Waals surface area contributed by atoms with Crippen molar-refractivity contribution in [3.05, 3.63) is 26.6 Å². The number of nitrogens with zero attached hydrogens (tertiary/aromatic N) is 2. The van der Waals surface area contributed by atoms with Crippen LogP contribution in [0.1, 0.15) is 48.5 Å². The lowest BCUT2D eigenvalue weighted by atomic mass is 9.94. The molecule has 0 aliphatic carbocycles. The Morgan fingerprint density at radius 3 is 3.00 bits per heavy atom. The van der Waals surface area contributed by atoms with E-state index in [-0.39, 0.29) is 18.2 Å². The molecule has 2 N–H and O–H groups in total. The van der Waals surface area contributed by atoms with Gasteiger partial charge in [0.1, 0.15) is 10.7 Å². The maximum absolute atomic E-state index is 12.4. The van der Waals surface area contributed by atoms with E-state index in [1.807, 2.05) is 13.8 Å². The number of piperidine rings is 1. The van der Waals surface area contributed by atoms with Gasteiger partial charge in [-0.3, -0.25) is 9.69 Å². The smallest absolute Gasteiger partial charge is 0.259 e. The highest BCUT2D eigenvalue weighted by Gasteiger charge is 2.26. The topological polar surface area (TPSA) is 69.2 Å². The molecule has 0 saturated carbocycles. The van der Waals surface area contributed by atoms with Gasteiger partial charge in [-0.05, 0) is 58.1 Å². The zero-order valence-electron chi connectivity index (χ0n) is 14.1. The van der Waals surface area contributed by atoms with Crippen molar-refractivity contribution in [3.8, 4) is 0 Å². The van der Waals surface area contributed by atoms with Gasteiger partial charge < -0.3 is 10.1 Å². The molecule has 0 radical (unpaired) electrons. The molecule has 0 aromatic carbocycles. The monoisotopic (exact) mass is 335 g/mol.